The molecule has 1 N–H and O–H groups in total. The topological polar surface area (TPSA) is 52.7 Å². The van der Waals surface area contributed by atoms with Crippen molar-refractivity contribution >= 4 is 23.2 Å². The molecule has 25 heavy (non-hydrogen) atoms. The summed E-state index contributed by atoms with van der Waals surface area (Å²) in [5, 5.41) is 2.95. The van der Waals surface area contributed by atoms with Crippen molar-refractivity contribution in [2.45, 2.75) is 60.0 Å². The Morgan fingerprint density at radius 3 is 2.24 bits per heavy atom. The lowest BCUT2D eigenvalue weighted by Gasteiger charge is -2.30. The van der Waals surface area contributed by atoms with Gasteiger partial charge in [-0.2, -0.15) is 0 Å². The lowest BCUT2D eigenvalue weighted by atomic mass is 10.1. The minimum Gasteiger partial charge on any atom is -0.377 e. The maximum Gasteiger partial charge on any atom is 0.226 e. The Labute approximate surface area is 152 Å². The fourth-order valence-electron chi connectivity index (χ4n) is 2.61. The standard InChI is InChI=1S/C20H33N3O2/c1-8-15(5)23(19(24)9-2)13-16-12-17(21-20(25)14(3)4)10-11-18(16)22(6)7/h10-12,14-15H,8-9,13H2,1-7H3,(H,21,25). The molecule has 0 saturated heterocycles. The first kappa shape index (κ1) is 21.0. The smallest absolute Gasteiger partial charge is 0.226 e. The molecule has 0 aliphatic heterocycles. The first-order valence-electron chi connectivity index (χ1n) is 9.11. The van der Waals surface area contributed by atoms with E-state index in [1.165, 1.54) is 0 Å². The van der Waals surface area contributed by atoms with Gasteiger partial charge in [-0.25, -0.2) is 0 Å². The molecule has 0 bridgehead atoms. The predicted molar refractivity (Wildman–Crippen MR) is 105 cm³/mol. The summed E-state index contributed by atoms with van der Waals surface area (Å²) in [6.07, 6.45) is 1.40. The summed E-state index contributed by atoms with van der Waals surface area (Å²) >= 11 is 0. The van der Waals surface area contributed by atoms with E-state index in [0.29, 0.717) is 13.0 Å². The van der Waals surface area contributed by atoms with Crippen LogP contribution < -0.4 is 10.2 Å². The number of amides is 2. The van der Waals surface area contributed by atoms with Crippen molar-refractivity contribution in [3.8, 4) is 0 Å². The highest BCUT2D eigenvalue weighted by Crippen LogP contribution is 2.26. The summed E-state index contributed by atoms with van der Waals surface area (Å²) in [5.41, 5.74) is 2.86. The van der Waals surface area contributed by atoms with Gasteiger partial charge in [-0.05, 0) is 37.1 Å². The molecule has 140 valence electrons. The van der Waals surface area contributed by atoms with Crippen LogP contribution >= 0.6 is 0 Å². The van der Waals surface area contributed by atoms with E-state index in [1.54, 1.807) is 0 Å². The molecule has 1 rings (SSSR count). The average molecular weight is 348 g/mol. The molecule has 0 radical (unpaired) electrons. The van der Waals surface area contributed by atoms with E-state index in [-0.39, 0.29) is 23.8 Å². The summed E-state index contributed by atoms with van der Waals surface area (Å²) in [6.45, 7) is 10.3. The fraction of sp³-hybridized carbons (Fsp3) is 0.600. The van der Waals surface area contributed by atoms with E-state index in [1.807, 2.05) is 62.9 Å². The van der Waals surface area contributed by atoms with Crippen molar-refractivity contribution in [2.75, 3.05) is 24.3 Å². The molecule has 0 aromatic heterocycles. The van der Waals surface area contributed by atoms with Gasteiger partial charge in [-0.3, -0.25) is 9.59 Å². The zero-order valence-electron chi connectivity index (χ0n) is 16.7. The van der Waals surface area contributed by atoms with Gasteiger partial charge in [0.25, 0.3) is 0 Å². The van der Waals surface area contributed by atoms with Crippen LogP contribution in [0.15, 0.2) is 18.2 Å². The molecule has 0 heterocycles. The summed E-state index contributed by atoms with van der Waals surface area (Å²) in [4.78, 5) is 28.3. The highest BCUT2D eigenvalue weighted by molar-refractivity contribution is 5.92. The number of hydrogen-bond acceptors (Lipinski definition) is 3. The summed E-state index contributed by atoms with van der Waals surface area (Å²) < 4.78 is 0. The Morgan fingerprint density at radius 1 is 1.12 bits per heavy atom. The minimum absolute atomic E-state index is 0.00744. The molecule has 0 saturated carbocycles. The third-order valence-corrected chi connectivity index (χ3v) is 4.44. The minimum atomic E-state index is -0.0738. The highest BCUT2D eigenvalue weighted by atomic mass is 16.2. The van der Waals surface area contributed by atoms with Crippen LogP contribution in [0.3, 0.4) is 0 Å². The molecular weight excluding hydrogens is 314 g/mol. The zero-order valence-corrected chi connectivity index (χ0v) is 16.7. The Kier molecular flexibility index (Phi) is 7.94. The SMILES string of the molecule is CCC(=O)N(Cc1cc(NC(=O)C(C)C)ccc1N(C)C)C(C)CC. The third kappa shape index (κ3) is 5.76. The van der Waals surface area contributed by atoms with Crippen molar-refractivity contribution in [1.82, 2.24) is 4.90 Å². The maximum atomic E-state index is 12.4. The van der Waals surface area contributed by atoms with Crippen LogP contribution in [0.1, 0.15) is 53.0 Å². The number of carbonyl (C=O) groups excluding carboxylic acids is 2. The molecule has 0 fully saturated rings. The Balaban J connectivity index is 3.19. The molecular formula is C20H33N3O2. The number of benzene rings is 1. The lowest BCUT2D eigenvalue weighted by Crippen LogP contribution is -2.37. The van der Waals surface area contributed by atoms with E-state index in [9.17, 15) is 9.59 Å². The number of rotatable bonds is 8. The van der Waals surface area contributed by atoms with Crippen molar-refractivity contribution in [3.05, 3.63) is 23.8 Å². The van der Waals surface area contributed by atoms with Crippen LogP contribution in [0.25, 0.3) is 0 Å². The van der Waals surface area contributed by atoms with Gasteiger partial charge in [-0.1, -0.05) is 27.7 Å². The summed E-state index contributed by atoms with van der Waals surface area (Å²) in [6, 6.07) is 6.06. The second-order valence-electron chi connectivity index (χ2n) is 7.01. The van der Waals surface area contributed by atoms with Crippen molar-refractivity contribution in [1.29, 1.82) is 0 Å². The molecule has 0 aliphatic rings. The Bertz CT molecular complexity index is 597. The van der Waals surface area contributed by atoms with Gasteiger partial charge in [0.15, 0.2) is 0 Å². The monoisotopic (exact) mass is 347 g/mol. The van der Waals surface area contributed by atoms with Crippen molar-refractivity contribution in [3.63, 3.8) is 0 Å². The van der Waals surface area contributed by atoms with Gasteiger partial charge in [0, 0.05) is 50.4 Å². The molecule has 1 atom stereocenters. The number of nitrogens with one attached hydrogen (secondary N) is 1. The number of anilines is 2. The molecule has 2 amide bonds. The van der Waals surface area contributed by atoms with Crippen LogP contribution in [0, 0.1) is 5.92 Å². The molecule has 0 aliphatic carbocycles. The van der Waals surface area contributed by atoms with Gasteiger partial charge >= 0.3 is 0 Å². The Hall–Kier alpha value is -2.04. The van der Waals surface area contributed by atoms with E-state index < -0.39 is 0 Å². The second-order valence-corrected chi connectivity index (χ2v) is 7.01. The second kappa shape index (κ2) is 9.44. The van der Waals surface area contributed by atoms with Crippen LogP contribution in [0.4, 0.5) is 11.4 Å². The molecule has 1 aromatic carbocycles. The third-order valence-electron chi connectivity index (χ3n) is 4.44. The molecule has 5 nitrogen and oxygen atoms in total. The van der Waals surface area contributed by atoms with E-state index in [4.69, 9.17) is 0 Å². The summed E-state index contributed by atoms with van der Waals surface area (Å²) in [7, 11) is 3.97. The zero-order chi connectivity index (χ0) is 19.1. The maximum absolute atomic E-state index is 12.4. The normalized spacial score (nSPS) is 12.0. The predicted octanol–water partition coefficient (Wildman–Crippen LogP) is 3.88. The molecule has 1 unspecified atom stereocenters. The van der Waals surface area contributed by atoms with E-state index in [0.717, 1.165) is 23.4 Å². The number of nitrogens with zero attached hydrogens (tertiary/aromatic N) is 2. The van der Waals surface area contributed by atoms with Gasteiger partial charge in [0.05, 0.1) is 0 Å². The highest BCUT2D eigenvalue weighted by Gasteiger charge is 2.20. The average Bonchev–Trinajstić information content (AvgIpc) is 2.58. The quantitative estimate of drug-likeness (QED) is 0.776. The van der Waals surface area contributed by atoms with Crippen molar-refractivity contribution in [2.24, 2.45) is 5.92 Å². The molecule has 5 heteroatoms. The lowest BCUT2D eigenvalue weighted by molar-refractivity contribution is -0.133. The Morgan fingerprint density at radius 2 is 1.76 bits per heavy atom. The largest absolute Gasteiger partial charge is 0.377 e. The van der Waals surface area contributed by atoms with Gasteiger partial charge in [-0.15, -0.1) is 0 Å². The van der Waals surface area contributed by atoms with E-state index >= 15 is 0 Å². The first-order chi connectivity index (χ1) is 11.7. The van der Waals surface area contributed by atoms with Crippen LogP contribution in [0.2, 0.25) is 0 Å². The first-order valence-corrected chi connectivity index (χ1v) is 9.11. The van der Waals surface area contributed by atoms with E-state index in [2.05, 4.69) is 19.2 Å². The van der Waals surface area contributed by atoms with Gasteiger partial charge < -0.3 is 15.1 Å². The van der Waals surface area contributed by atoms with Crippen molar-refractivity contribution < 1.29 is 9.59 Å². The molecule has 0 spiro atoms. The fourth-order valence-corrected chi connectivity index (χ4v) is 2.61. The van der Waals surface area contributed by atoms with Crippen LogP contribution in [0.5, 0.6) is 0 Å². The number of carbonyl (C=O) groups is 2. The molecule has 1 aromatic rings. The van der Waals surface area contributed by atoms with Crippen LogP contribution in [-0.4, -0.2) is 36.9 Å². The van der Waals surface area contributed by atoms with Gasteiger partial charge in [0.1, 0.15) is 0 Å². The number of hydrogen-bond donors (Lipinski definition) is 1. The van der Waals surface area contributed by atoms with Crippen LogP contribution in [-0.2, 0) is 16.1 Å². The summed E-state index contributed by atoms with van der Waals surface area (Å²) in [5.74, 6) is 0.0675. The van der Waals surface area contributed by atoms with Gasteiger partial charge in [0.2, 0.25) is 11.8 Å².